The van der Waals surface area contributed by atoms with Crippen molar-refractivity contribution in [1.82, 2.24) is 34.5 Å². The van der Waals surface area contributed by atoms with Gasteiger partial charge in [0.15, 0.2) is 0 Å². The van der Waals surface area contributed by atoms with Crippen molar-refractivity contribution in [1.29, 1.82) is 0 Å². The number of nitrogens with one attached hydrogen (secondary N) is 4. The van der Waals surface area contributed by atoms with Crippen LogP contribution in [-0.4, -0.2) is 112 Å². The number of hydrogen-bond donors (Lipinski definition) is 5. The summed E-state index contributed by atoms with van der Waals surface area (Å²) in [6.45, 7) is 11.3. The largest absolute Gasteiger partial charge is 0.497 e. The number of aromatic nitrogens is 4. The lowest BCUT2D eigenvalue weighted by molar-refractivity contribution is -0.384. The first kappa shape index (κ1) is 51.0. The molecular formula is C56H63FN10O8S. The number of imidazole rings is 1. The lowest BCUT2D eigenvalue weighted by Gasteiger charge is -2.63. The van der Waals surface area contributed by atoms with Gasteiger partial charge < -0.3 is 34.8 Å². The van der Waals surface area contributed by atoms with Crippen molar-refractivity contribution < 1.29 is 37.1 Å². The number of nitro groups is 1. The number of halogens is 1. The number of amides is 1. The van der Waals surface area contributed by atoms with E-state index in [0.717, 1.165) is 56.9 Å². The summed E-state index contributed by atoms with van der Waals surface area (Å²) in [5, 5.41) is 26.8. The number of ether oxygens (including phenoxy) is 2. The average molecular weight is 1060 g/mol. The standard InChI is InChI=1S/C56H63FN10O8S/c1-34(2)41-7-5-6-8-42(41)47-30-64(29-36-9-11-39(74-4)12-10-36)19-20-66(47)38-25-56(26-38)31-65(32-56)45-23-48(75-40-21-37-15-18-58-53(37)60-28-40)43(22-44(45)57)54(68)63-76(72,73)49-24-46(67(70)71)50(52-51(49)61-33-62-52)59-27-35-13-16-55(3,69)17-14-35/h5-12,15,18,21-24,28,33-35,38,47,59,69H,13-14,16-17,19-20,25-27,29-32H2,1-4H3,(H,58,60)(H,61,62)(H,63,68)/t35-,47?,55-. The number of methoxy groups -OCH3 is 1. The first-order chi connectivity index (χ1) is 36.4. The number of anilines is 2. The molecule has 4 aliphatic rings. The van der Waals surface area contributed by atoms with E-state index >= 15 is 4.39 Å². The minimum absolute atomic E-state index is 0.0442. The van der Waals surface area contributed by atoms with E-state index < -0.39 is 48.4 Å². The van der Waals surface area contributed by atoms with Crippen LogP contribution in [0.4, 0.5) is 21.5 Å². The van der Waals surface area contributed by atoms with E-state index in [0.29, 0.717) is 68.3 Å². The molecular weight excluding hydrogens is 992 g/mol. The number of sulfonamides is 1. The summed E-state index contributed by atoms with van der Waals surface area (Å²) >= 11 is 0. The second-order valence-electron chi connectivity index (χ2n) is 21.9. The van der Waals surface area contributed by atoms with Gasteiger partial charge in [-0.2, -0.15) is 0 Å². The summed E-state index contributed by atoms with van der Waals surface area (Å²) in [5.41, 5.74) is 2.91. The fourth-order valence-electron chi connectivity index (χ4n) is 12.1. The lowest BCUT2D eigenvalue weighted by Crippen LogP contribution is -2.68. The zero-order valence-corrected chi connectivity index (χ0v) is 43.8. The molecule has 5 heterocycles. The van der Waals surface area contributed by atoms with Crippen molar-refractivity contribution in [2.24, 2.45) is 11.3 Å². The quantitative estimate of drug-likeness (QED) is 0.0449. The van der Waals surface area contributed by atoms with Gasteiger partial charge in [-0.1, -0.05) is 50.2 Å². The van der Waals surface area contributed by atoms with Gasteiger partial charge in [0, 0.05) is 87.0 Å². The van der Waals surface area contributed by atoms with Gasteiger partial charge in [-0.3, -0.25) is 24.7 Å². The van der Waals surface area contributed by atoms with Crippen LogP contribution in [0.3, 0.4) is 0 Å². The molecule has 3 aromatic heterocycles. The Hall–Kier alpha value is -7.13. The molecule has 2 aliphatic carbocycles. The van der Waals surface area contributed by atoms with Crippen LogP contribution in [-0.2, 0) is 16.6 Å². The van der Waals surface area contributed by atoms with Gasteiger partial charge in [-0.25, -0.2) is 27.5 Å². The number of nitrogens with zero attached hydrogens (tertiary/aromatic N) is 6. The van der Waals surface area contributed by atoms with Gasteiger partial charge in [0.05, 0.1) is 46.9 Å². The van der Waals surface area contributed by atoms with Crippen LogP contribution in [0.1, 0.15) is 98.3 Å². The van der Waals surface area contributed by atoms with Crippen molar-refractivity contribution in [3.63, 3.8) is 0 Å². The third kappa shape index (κ3) is 10.1. The number of fused-ring (bicyclic) bond motifs is 2. The van der Waals surface area contributed by atoms with Gasteiger partial charge in [0.25, 0.3) is 21.6 Å². The second kappa shape index (κ2) is 20.1. The summed E-state index contributed by atoms with van der Waals surface area (Å²) in [6.07, 6.45) is 8.82. The Morgan fingerprint density at radius 1 is 1.00 bits per heavy atom. The molecule has 1 atom stereocenters. The minimum Gasteiger partial charge on any atom is -0.497 e. The maximum absolute atomic E-state index is 16.7. The maximum atomic E-state index is 16.7. The Kier molecular flexibility index (Phi) is 13.5. The Morgan fingerprint density at radius 2 is 1.76 bits per heavy atom. The van der Waals surface area contributed by atoms with E-state index in [-0.39, 0.29) is 51.3 Å². The van der Waals surface area contributed by atoms with E-state index in [2.05, 4.69) is 85.3 Å². The fourth-order valence-corrected chi connectivity index (χ4v) is 13.3. The zero-order valence-electron chi connectivity index (χ0n) is 43.0. The molecule has 0 bridgehead atoms. The van der Waals surface area contributed by atoms with Crippen molar-refractivity contribution in [2.45, 2.75) is 94.3 Å². The van der Waals surface area contributed by atoms with E-state index in [1.165, 1.54) is 35.3 Å². The molecule has 398 valence electrons. The number of hydrogen-bond acceptors (Lipinski definition) is 14. The third-order valence-electron chi connectivity index (χ3n) is 16.3. The highest BCUT2D eigenvalue weighted by Crippen LogP contribution is 2.54. The number of H-pyrrole nitrogens is 2. The smallest absolute Gasteiger partial charge is 0.296 e. The molecule has 76 heavy (non-hydrogen) atoms. The first-order valence-electron chi connectivity index (χ1n) is 26.0. The molecule has 1 unspecified atom stereocenters. The predicted molar refractivity (Wildman–Crippen MR) is 287 cm³/mol. The monoisotopic (exact) mass is 1050 g/mol. The van der Waals surface area contributed by atoms with E-state index in [4.69, 9.17) is 9.47 Å². The summed E-state index contributed by atoms with van der Waals surface area (Å²) in [5.74, 6) is -0.570. The molecule has 7 aromatic rings. The summed E-state index contributed by atoms with van der Waals surface area (Å²) in [7, 11) is -3.22. The number of aliphatic hydroxyl groups is 1. The predicted octanol–water partition coefficient (Wildman–Crippen LogP) is 9.41. The Labute approximate surface area is 440 Å². The first-order valence-corrected chi connectivity index (χ1v) is 27.5. The van der Waals surface area contributed by atoms with Crippen molar-refractivity contribution in [2.75, 3.05) is 56.6 Å². The van der Waals surface area contributed by atoms with Gasteiger partial charge >= 0.3 is 0 Å². The number of benzene rings is 4. The number of piperazine rings is 1. The van der Waals surface area contributed by atoms with Crippen LogP contribution in [0.25, 0.3) is 22.1 Å². The SMILES string of the molecule is COc1ccc(CN2CCN(C3CC4(C3)CN(c3cc(Oc5cnc6[nH]ccc6c5)c(C(=O)NS(=O)(=O)c5cc([N+](=O)[O-])c(NC[C@H]6CC[C@](C)(O)CC6)c6[nH]cnc56)cc3F)C4)C(c3ccccc3C(C)C)C2)cc1. The van der Waals surface area contributed by atoms with Crippen LogP contribution in [0.5, 0.6) is 17.2 Å². The average Bonchev–Trinajstić information content (AvgIpc) is 4.11. The molecule has 0 radical (unpaired) electrons. The summed E-state index contributed by atoms with van der Waals surface area (Å²) < 4.78 is 59.0. The minimum atomic E-state index is -4.90. The summed E-state index contributed by atoms with van der Waals surface area (Å²) in [4.78, 5) is 47.2. The number of carbonyl (C=O) groups excluding carboxylic acids is 1. The molecule has 4 aromatic carbocycles. The van der Waals surface area contributed by atoms with Crippen LogP contribution in [0, 0.1) is 27.3 Å². The molecule has 2 saturated carbocycles. The lowest BCUT2D eigenvalue weighted by atomic mass is 9.59. The van der Waals surface area contributed by atoms with Gasteiger partial charge in [-0.05, 0) is 104 Å². The molecule has 1 spiro atoms. The number of rotatable bonds is 16. The topological polar surface area (TPSA) is 224 Å². The van der Waals surface area contributed by atoms with Gasteiger partial charge in [-0.15, -0.1) is 0 Å². The van der Waals surface area contributed by atoms with Gasteiger partial charge in [0.2, 0.25) is 0 Å². The number of aromatic amines is 2. The van der Waals surface area contributed by atoms with Crippen molar-refractivity contribution in [3.05, 3.63) is 136 Å². The second-order valence-corrected chi connectivity index (χ2v) is 23.6. The third-order valence-corrected chi connectivity index (χ3v) is 17.6. The van der Waals surface area contributed by atoms with Crippen molar-refractivity contribution >= 4 is 55.1 Å². The summed E-state index contributed by atoms with van der Waals surface area (Å²) in [6, 6.07) is 24.3. The molecule has 11 rings (SSSR count). The van der Waals surface area contributed by atoms with Gasteiger partial charge in [0.1, 0.15) is 44.8 Å². The highest BCUT2D eigenvalue weighted by molar-refractivity contribution is 7.90. The van der Waals surface area contributed by atoms with Crippen molar-refractivity contribution in [3.8, 4) is 17.2 Å². The molecule has 4 fully saturated rings. The Morgan fingerprint density at radius 3 is 2.50 bits per heavy atom. The van der Waals surface area contributed by atoms with Crippen LogP contribution < -0.4 is 24.4 Å². The molecule has 18 nitrogen and oxygen atoms in total. The molecule has 1 amide bonds. The number of carbonyl (C=O) groups is 1. The number of pyridine rings is 1. The normalized spacial score (nSPS) is 21.2. The van der Waals surface area contributed by atoms with E-state index in [9.17, 15) is 28.4 Å². The maximum Gasteiger partial charge on any atom is 0.296 e. The Balaban J connectivity index is 0.828. The van der Waals surface area contributed by atoms with E-state index in [1.807, 2.05) is 21.8 Å². The zero-order chi connectivity index (χ0) is 53.1. The van der Waals surface area contributed by atoms with E-state index in [1.54, 1.807) is 32.4 Å². The van der Waals surface area contributed by atoms with Crippen LogP contribution in [0.15, 0.2) is 102 Å². The fraction of sp³-hybridized carbons (Fsp3) is 0.411. The number of nitro benzene ring substituents is 1. The molecule has 2 saturated heterocycles. The Bertz CT molecular complexity index is 3430. The van der Waals surface area contributed by atoms with Crippen LogP contribution in [0.2, 0.25) is 0 Å². The highest BCUT2D eigenvalue weighted by Gasteiger charge is 2.55. The van der Waals surface area contributed by atoms with Crippen LogP contribution >= 0.6 is 0 Å². The molecule has 2 aliphatic heterocycles. The molecule has 5 N–H and O–H groups in total. The molecule has 20 heteroatoms. The highest BCUT2D eigenvalue weighted by atomic mass is 32.2.